The second kappa shape index (κ2) is 6.81. The first-order valence-electron chi connectivity index (χ1n) is 7.39. The fraction of sp³-hybridized carbons (Fsp3) is 0.278. The van der Waals surface area contributed by atoms with Gasteiger partial charge in [-0.3, -0.25) is 4.79 Å². The van der Waals surface area contributed by atoms with E-state index in [4.69, 9.17) is 16.6 Å². The number of ketones is 1. The number of nitrogens with two attached hydrogens (primary N) is 2. The lowest BCUT2D eigenvalue weighted by Gasteiger charge is -2.21. The van der Waals surface area contributed by atoms with Gasteiger partial charge in [-0.25, -0.2) is 0 Å². The fourth-order valence-corrected chi connectivity index (χ4v) is 2.56. The van der Waals surface area contributed by atoms with Crippen LogP contribution in [0.5, 0.6) is 0 Å². The molecule has 1 atom stereocenters. The first kappa shape index (κ1) is 17.0. The highest BCUT2D eigenvalue weighted by atomic mass is 16.3. The molecule has 0 heterocycles. The Bertz CT molecular complexity index is 677. The van der Waals surface area contributed by atoms with Gasteiger partial charge in [0.25, 0.3) is 0 Å². The van der Waals surface area contributed by atoms with E-state index in [1.54, 1.807) is 24.3 Å². The molecule has 2 aromatic rings. The van der Waals surface area contributed by atoms with Gasteiger partial charge in [0.05, 0.1) is 12.5 Å². The maximum absolute atomic E-state index is 12.6. The minimum absolute atomic E-state index is 0.458. The Kier molecular flexibility index (Phi) is 5.03. The third-order valence-corrected chi connectivity index (χ3v) is 4.04. The number of anilines is 2. The van der Waals surface area contributed by atoms with Crippen molar-refractivity contribution < 1.29 is 15.0 Å². The molecule has 0 aromatic heterocycles. The van der Waals surface area contributed by atoms with Crippen LogP contribution in [-0.4, -0.2) is 28.7 Å². The van der Waals surface area contributed by atoms with Crippen LogP contribution in [0.2, 0.25) is 0 Å². The number of aliphatic hydroxyl groups excluding tert-OH is 2. The third-order valence-electron chi connectivity index (χ3n) is 4.04. The van der Waals surface area contributed by atoms with E-state index in [0.717, 1.165) is 22.3 Å². The molecule has 0 aliphatic heterocycles. The number of rotatable bonds is 5. The number of nitrogen functional groups attached to an aromatic ring is 2. The van der Waals surface area contributed by atoms with Crippen molar-refractivity contribution in [3.05, 3.63) is 58.7 Å². The molecule has 122 valence electrons. The first-order chi connectivity index (χ1) is 10.8. The van der Waals surface area contributed by atoms with Crippen LogP contribution in [0, 0.1) is 13.8 Å². The minimum atomic E-state index is -1.43. The van der Waals surface area contributed by atoms with Crippen molar-refractivity contribution in [2.24, 2.45) is 0 Å². The van der Waals surface area contributed by atoms with Crippen molar-refractivity contribution in [3.8, 4) is 0 Å². The molecule has 0 fully saturated rings. The van der Waals surface area contributed by atoms with E-state index >= 15 is 0 Å². The predicted octanol–water partition coefficient (Wildman–Crippen LogP) is 1.52. The second-order valence-electron chi connectivity index (χ2n) is 5.77. The van der Waals surface area contributed by atoms with Gasteiger partial charge in [0, 0.05) is 11.4 Å². The molecule has 1 unspecified atom stereocenters. The lowest BCUT2D eigenvalue weighted by atomic mass is 9.84. The Balaban J connectivity index is 2.57. The molecule has 0 radical (unpaired) electrons. The first-order valence-corrected chi connectivity index (χ1v) is 7.39. The molecule has 5 nitrogen and oxygen atoms in total. The smallest absolute Gasteiger partial charge is 0.175 e. The molecule has 5 heteroatoms. The molecule has 2 rings (SSSR count). The van der Waals surface area contributed by atoms with E-state index in [1.165, 1.54) is 0 Å². The third kappa shape index (κ3) is 3.52. The summed E-state index contributed by atoms with van der Waals surface area (Å²) >= 11 is 0. The average Bonchev–Trinajstić information content (AvgIpc) is 2.53. The van der Waals surface area contributed by atoms with Crippen LogP contribution in [0.15, 0.2) is 36.4 Å². The summed E-state index contributed by atoms with van der Waals surface area (Å²) in [4.78, 5) is 12.6. The molecule has 0 aliphatic carbocycles. The highest BCUT2D eigenvalue weighted by Crippen LogP contribution is 2.30. The standard InChI is InChI=1S/C18H22N2O3/c1-10-7-12(3-5-14(10)19)17(18(23)16(22)9-21)13-4-6-15(20)11(2)8-13/h3-8,16-17,21-22H,9,19-20H2,1-2H3. The molecule has 6 N–H and O–H groups in total. The molecule has 0 spiro atoms. The largest absolute Gasteiger partial charge is 0.399 e. The lowest BCUT2D eigenvalue weighted by molar-refractivity contribution is -0.129. The summed E-state index contributed by atoms with van der Waals surface area (Å²) in [6, 6.07) is 10.7. The summed E-state index contributed by atoms with van der Waals surface area (Å²) < 4.78 is 0. The van der Waals surface area contributed by atoms with Crippen LogP contribution in [0.25, 0.3) is 0 Å². The van der Waals surface area contributed by atoms with Crippen LogP contribution >= 0.6 is 0 Å². The Morgan fingerprint density at radius 2 is 1.43 bits per heavy atom. The van der Waals surface area contributed by atoms with Gasteiger partial charge in [0.1, 0.15) is 6.10 Å². The summed E-state index contributed by atoms with van der Waals surface area (Å²) in [5, 5.41) is 19.0. The van der Waals surface area contributed by atoms with Crippen molar-refractivity contribution in [1.82, 2.24) is 0 Å². The molecule has 23 heavy (non-hydrogen) atoms. The van der Waals surface area contributed by atoms with Gasteiger partial charge in [-0.2, -0.15) is 0 Å². The highest BCUT2D eigenvalue weighted by molar-refractivity contribution is 5.92. The number of benzene rings is 2. The topological polar surface area (TPSA) is 110 Å². The zero-order valence-electron chi connectivity index (χ0n) is 13.3. The predicted molar refractivity (Wildman–Crippen MR) is 91.1 cm³/mol. The quantitative estimate of drug-likeness (QED) is 0.626. The summed E-state index contributed by atoms with van der Waals surface area (Å²) in [5.74, 6) is -1.14. The normalized spacial score (nSPS) is 12.4. The Morgan fingerprint density at radius 1 is 1.00 bits per heavy atom. The van der Waals surface area contributed by atoms with Crippen molar-refractivity contribution in [2.45, 2.75) is 25.9 Å². The summed E-state index contributed by atoms with van der Waals surface area (Å²) in [6.45, 7) is 3.10. The van der Waals surface area contributed by atoms with Gasteiger partial charge >= 0.3 is 0 Å². The van der Waals surface area contributed by atoms with Crippen LogP contribution in [0.1, 0.15) is 28.2 Å². The minimum Gasteiger partial charge on any atom is -0.399 e. The van der Waals surface area contributed by atoms with E-state index in [9.17, 15) is 9.90 Å². The molecular formula is C18H22N2O3. The average molecular weight is 314 g/mol. The number of aryl methyl sites for hydroxylation is 2. The van der Waals surface area contributed by atoms with Gasteiger partial charge in [-0.1, -0.05) is 24.3 Å². The van der Waals surface area contributed by atoms with E-state index in [0.29, 0.717) is 11.4 Å². The Labute approximate surface area is 135 Å². The van der Waals surface area contributed by atoms with E-state index in [-0.39, 0.29) is 0 Å². The number of hydrogen-bond donors (Lipinski definition) is 4. The van der Waals surface area contributed by atoms with E-state index in [2.05, 4.69) is 0 Å². The van der Waals surface area contributed by atoms with E-state index < -0.39 is 24.4 Å². The monoisotopic (exact) mass is 314 g/mol. The van der Waals surface area contributed by atoms with Gasteiger partial charge in [-0.15, -0.1) is 0 Å². The zero-order chi connectivity index (χ0) is 17.1. The molecule has 0 saturated heterocycles. The second-order valence-corrected chi connectivity index (χ2v) is 5.77. The van der Waals surface area contributed by atoms with Crippen molar-refractivity contribution >= 4 is 17.2 Å². The maximum atomic E-state index is 12.6. The van der Waals surface area contributed by atoms with Crippen LogP contribution in [0.4, 0.5) is 11.4 Å². The summed E-state index contributed by atoms with van der Waals surface area (Å²) in [7, 11) is 0. The lowest BCUT2D eigenvalue weighted by Crippen LogP contribution is -2.30. The molecule has 0 bridgehead atoms. The zero-order valence-corrected chi connectivity index (χ0v) is 13.3. The Hall–Kier alpha value is -2.37. The highest BCUT2D eigenvalue weighted by Gasteiger charge is 2.28. The molecule has 2 aromatic carbocycles. The van der Waals surface area contributed by atoms with Gasteiger partial charge in [0.2, 0.25) is 0 Å². The molecular weight excluding hydrogens is 292 g/mol. The van der Waals surface area contributed by atoms with Crippen LogP contribution < -0.4 is 11.5 Å². The number of Topliss-reactive ketones (excluding diaryl/α,β-unsaturated/α-hetero) is 1. The summed E-state index contributed by atoms with van der Waals surface area (Å²) in [5.41, 5.74) is 16.1. The van der Waals surface area contributed by atoms with Crippen molar-refractivity contribution in [1.29, 1.82) is 0 Å². The van der Waals surface area contributed by atoms with Gasteiger partial charge in [0.15, 0.2) is 5.78 Å². The number of carbonyl (C=O) groups excluding carboxylic acids is 1. The van der Waals surface area contributed by atoms with E-state index in [1.807, 2.05) is 26.0 Å². The number of carbonyl (C=O) groups is 1. The SMILES string of the molecule is Cc1cc(C(C(=O)C(O)CO)c2ccc(N)c(C)c2)ccc1N. The summed E-state index contributed by atoms with van der Waals surface area (Å²) in [6.07, 6.45) is -1.43. The maximum Gasteiger partial charge on any atom is 0.175 e. The molecule has 0 amide bonds. The fourth-order valence-electron chi connectivity index (χ4n) is 2.56. The van der Waals surface area contributed by atoms with Gasteiger partial charge < -0.3 is 21.7 Å². The number of hydrogen-bond acceptors (Lipinski definition) is 5. The Morgan fingerprint density at radius 3 is 1.78 bits per heavy atom. The van der Waals surface area contributed by atoms with Gasteiger partial charge in [-0.05, 0) is 48.2 Å². The van der Waals surface area contributed by atoms with Crippen molar-refractivity contribution in [2.75, 3.05) is 18.1 Å². The van der Waals surface area contributed by atoms with Crippen molar-refractivity contribution in [3.63, 3.8) is 0 Å². The van der Waals surface area contributed by atoms with Crippen LogP contribution in [0.3, 0.4) is 0 Å². The van der Waals surface area contributed by atoms with Crippen LogP contribution in [-0.2, 0) is 4.79 Å². The number of aliphatic hydroxyl groups is 2. The molecule has 0 aliphatic rings. The molecule has 0 saturated carbocycles.